The van der Waals surface area contributed by atoms with Gasteiger partial charge in [-0.1, -0.05) is 11.8 Å². The Hall–Kier alpha value is -0.700. The number of hydrogen-bond acceptors (Lipinski definition) is 3. The van der Waals surface area contributed by atoms with Crippen LogP contribution >= 0.6 is 11.8 Å². The minimum atomic E-state index is 0.469. The highest BCUT2D eigenvalue weighted by Gasteiger charge is 2.51. The molecule has 96 valence electrons. The zero-order chi connectivity index (χ0) is 12.2. The van der Waals surface area contributed by atoms with E-state index < -0.39 is 0 Å². The first-order valence-electron chi connectivity index (χ1n) is 7.12. The average Bonchev–Trinajstić information content (AvgIpc) is 2.30. The second-order valence-electron chi connectivity index (χ2n) is 6.60. The molecule has 1 aromatic rings. The standard InChI is InChI=1S/C15H20N2S/c16-13-2-1-3-17-14(13)18-15-7-10-4-11(8-15)6-12(5-10)9-15/h1-3,10-12H,4-9,16H2. The number of thioether (sulfide) groups is 1. The van der Waals surface area contributed by atoms with Gasteiger partial charge in [0.05, 0.1) is 5.69 Å². The third-order valence-corrected chi connectivity index (χ3v) is 6.56. The van der Waals surface area contributed by atoms with Gasteiger partial charge in [-0.15, -0.1) is 0 Å². The van der Waals surface area contributed by atoms with Crippen LogP contribution in [-0.2, 0) is 0 Å². The van der Waals surface area contributed by atoms with E-state index in [0.29, 0.717) is 4.75 Å². The van der Waals surface area contributed by atoms with Gasteiger partial charge in [-0.05, 0) is 68.4 Å². The molecular weight excluding hydrogens is 240 g/mol. The number of hydrogen-bond donors (Lipinski definition) is 1. The van der Waals surface area contributed by atoms with Crippen molar-refractivity contribution in [1.29, 1.82) is 0 Å². The van der Waals surface area contributed by atoms with Crippen LogP contribution in [0.5, 0.6) is 0 Å². The number of anilines is 1. The zero-order valence-corrected chi connectivity index (χ0v) is 11.5. The van der Waals surface area contributed by atoms with Gasteiger partial charge in [0.2, 0.25) is 0 Å². The summed E-state index contributed by atoms with van der Waals surface area (Å²) in [5.41, 5.74) is 6.93. The minimum absolute atomic E-state index is 0.469. The third kappa shape index (κ3) is 1.75. The van der Waals surface area contributed by atoms with Gasteiger partial charge in [-0.25, -0.2) is 4.98 Å². The van der Waals surface area contributed by atoms with E-state index in [4.69, 9.17) is 5.73 Å². The number of nitrogen functional groups attached to an aromatic ring is 1. The summed E-state index contributed by atoms with van der Waals surface area (Å²) in [6.07, 6.45) is 10.6. The summed E-state index contributed by atoms with van der Waals surface area (Å²) in [6.45, 7) is 0. The molecule has 0 amide bonds. The molecule has 0 saturated heterocycles. The van der Waals surface area contributed by atoms with E-state index in [1.54, 1.807) is 0 Å². The molecule has 0 unspecified atom stereocenters. The number of nitrogens with zero attached hydrogens (tertiary/aromatic N) is 1. The molecule has 5 rings (SSSR count). The topological polar surface area (TPSA) is 38.9 Å². The van der Waals surface area contributed by atoms with E-state index in [1.807, 2.05) is 30.1 Å². The van der Waals surface area contributed by atoms with Gasteiger partial charge >= 0.3 is 0 Å². The molecule has 18 heavy (non-hydrogen) atoms. The van der Waals surface area contributed by atoms with Crippen molar-refractivity contribution in [3.63, 3.8) is 0 Å². The molecule has 1 aromatic heterocycles. The van der Waals surface area contributed by atoms with Crippen LogP contribution in [0.2, 0.25) is 0 Å². The van der Waals surface area contributed by atoms with E-state index in [2.05, 4.69) is 4.98 Å². The second kappa shape index (κ2) is 3.89. The molecule has 4 aliphatic carbocycles. The Morgan fingerprint density at radius 3 is 2.28 bits per heavy atom. The molecule has 1 heterocycles. The smallest absolute Gasteiger partial charge is 0.119 e. The molecule has 2 nitrogen and oxygen atoms in total. The lowest BCUT2D eigenvalue weighted by Crippen LogP contribution is -2.48. The lowest BCUT2D eigenvalue weighted by atomic mass is 9.56. The molecule has 4 saturated carbocycles. The predicted molar refractivity (Wildman–Crippen MR) is 75.4 cm³/mol. The van der Waals surface area contributed by atoms with Gasteiger partial charge in [0.25, 0.3) is 0 Å². The van der Waals surface area contributed by atoms with Crippen molar-refractivity contribution in [3.05, 3.63) is 18.3 Å². The van der Waals surface area contributed by atoms with Crippen LogP contribution in [0.25, 0.3) is 0 Å². The maximum Gasteiger partial charge on any atom is 0.119 e. The SMILES string of the molecule is Nc1cccnc1SC12CC3CC(CC(C3)C1)C2. The lowest BCUT2D eigenvalue weighted by Gasteiger charge is -2.56. The van der Waals surface area contributed by atoms with Crippen molar-refractivity contribution < 1.29 is 0 Å². The highest BCUT2D eigenvalue weighted by molar-refractivity contribution is 8.00. The number of nitrogens with two attached hydrogens (primary N) is 1. The highest BCUT2D eigenvalue weighted by Crippen LogP contribution is 2.61. The van der Waals surface area contributed by atoms with Crippen molar-refractivity contribution in [2.24, 2.45) is 17.8 Å². The Morgan fingerprint density at radius 1 is 1.11 bits per heavy atom. The molecule has 4 fully saturated rings. The molecule has 3 heteroatoms. The van der Waals surface area contributed by atoms with Crippen molar-refractivity contribution in [1.82, 2.24) is 4.98 Å². The summed E-state index contributed by atoms with van der Waals surface area (Å²) in [5.74, 6) is 2.98. The number of aromatic nitrogens is 1. The maximum absolute atomic E-state index is 6.07. The van der Waals surface area contributed by atoms with E-state index in [1.165, 1.54) is 38.5 Å². The fourth-order valence-corrected chi connectivity index (χ4v) is 6.52. The van der Waals surface area contributed by atoms with Gasteiger partial charge in [0.1, 0.15) is 5.03 Å². The molecule has 0 radical (unpaired) electrons. The van der Waals surface area contributed by atoms with Crippen LogP contribution in [0.1, 0.15) is 38.5 Å². The predicted octanol–water partition coefficient (Wildman–Crippen LogP) is 3.72. The van der Waals surface area contributed by atoms with Crippen LogP contribution in [0.15, 0.2) is 23.4 Å². The monoisotopic (exact) mass is 260 g/mol. The molecule has 4 aliphatic rings. The van der Waals surface area contributed by atoms with Gasteiger partial charge in [-0.3, -0.25) is 0 Å². The van der Waals surface area contributed by atoms with Crippen molar-refractivity contribution in [3.8, 4) is 0 Å². The van der Waals surface area contributed by atoms with Crippen molar-refractivity contribution >= 4 is 17.4 Å². The molecule has 0 aliphatic heterocycles. The molecule has 2 N–H and O–H groups in total. The molecule has 0 atom stereocenters. The van der Waals surface area contributed by atoms with Crippen LogP contribution in [0, 0.1) is 17.8 Å². The van der Waals surface area contributed by atoms with Gasteiger partial charge < -0.3 is 5.73 Å². The van der Waals surface area contributed by atoms with Crippen LogP contribution in [0.4, 0.5) is 5.69 Å². The van der Waals surface area contributed by atoms with E-state index in [9.17, 15) is 0 Å². The van der Waals surface area contributed by atoms with Gasteiger partial charge in [-0.2, -0.15) is 0 Å². The second-order valence-corrected chi connectivity index (χ2v) is 8.06. The first-order valence-corrected chi connectivity index (χ1v) is 7.94. The Labute approximate surface area is 113 Å². The van der Waals surface area contributed by atoms with Crippen LogP contribution in [0.3, 0.4) is 0 Å². The molecule has 4 bridgehead atoms. The first kappa shape index (κ1) is 11.2. The zero-order valence-electron chi connectivity index (χ0n) is 10.6. The quantitative estimate of drug-likeness (QED) is 0.880. The Bertz CT molecular complexity index is 436. The summed E-state index contributed by atoms with van der Waals surface area (Å²) in [5, 5.41) is 1.07. The van der Waals surface area contributed by atoms with Gasteiger partial charge in [0, 0.05) is 10.9 Å². The fourth-order valence-electron chi connectivity index (χ4n) is 4.85. The third-order valence-electron chi connectivity index (χ3n) is 5.10. The summed E-state index contributed by atoms with van der Waals surface area (Å²) in [7, 11) is 0. The maximum atomic E-state index is 6.07. The lowest BCUT2D eigenvalue weighted by molar-refractivity contribution is 0.0383. The number of pyridine rings is 1. The number of rotatable bonds is 2. The fraction of sp³-hybridized carbons (Fsp3) is 0.667. The Kier molecular flexibility index (Phi) is 2.41. The Morgan fingerprint density at radius 2 is 1.72 bits per heavy atom. The van der Waals surface area contributed by atoms with Crippen molar-refractivity contribution in [2.75, 3.05) is 5.73 Å². The highest BCUT2D eigenvalue weighted by atomic mass is 32.2. The normalized spacial score (nSPS) is 41.2. The van der Waals surface area contributed by atoms with Gasteiger partial charge in [0.15, 0.2) is 0 Å². The summed E-state index contributed by atoms with van der Waals surface area (Å²) in [6, 6.07) is 3.91. The van der Waals surface area contributed by atoms with E-state index >= 15 is 0 Å². The van der Waals surface area contributed by atoms with Crippen molar-refractivity contribution in [2.45, 2.75) is 48.3 Å². The van der Waals surface area contributed by atoms with E-state index in [0.717, 1.165) is 28.5 Å². The van der Waals surface area contributed by atoms with E-state index in [-0.39, 0.29) is 0 Å². The minimum Gasteiger partial charge on any atom is -0.397 e. The first-order chi connectivity index (χ1) is 8.72. The van der Waals surface area contributed by atoms with Crippen LogP contribution < -0.4 is 5.73 Å². The van der Waals surface area contributed by atoms with Crippen LogP contribution in [-0.4, -0.2) is 9.73 Å². The molecule has 0 aromatic carbocycles. The summed E-state index contributed by atoms with van der Waals surface area (Å²) >= 11 is 1.99. The molecular formula is C15H20N2S. The molecule has 0 spiro atoms. The largest absolute Gasteiger partial charge is 0.397 e. The summed E-state index contributed by atoms with van der Waals surface area (Å²) in [4.78, 5) is 4.49. The average molecular weight is 260 g/mol. The Balaban J connectivity index is 1.63. The summed E-state index contributed by atoms with van der Waals surface area (Å²) < 4.78 is 0.469.